The summed E-state index contributed by atoms with van der Waals surface area (Å²) < 4.78 is 44.0. The van der Waals surface area contributed by atoms with Gasteiger partial charge in [-0.3, -0.25) is 0 Å². The maximum Gasteiger partial charge on any atom is 0.416 e. The lowest BCUT2D eigenvalue weighted by Crippen LogP contribution is -2.57. The molecule has 21 heavy (non-hydrogen) atoms. The third kappa shape index (κ3) is 3.58. The monoisotopic (exact) mass is 301 g/mol. The first-order valence-electron chi connectivity index (χ1n) is 7.36. The highest BCUT2D eigenvalue weighted by Crippen LogP contribution is 2.39. The fourth-order valence-electron chi connectivity index (χ4n) is 3.02. The normalized spacial score (nSPS) is 19.1. The number of alkyl halides is 3. The van der Waals surface area contributed by atoms with Crippen LogP contribution in [0.2, 0.25) is 0 Å². The minimum absolute atomic E-state index is 0.0460. The topological polar surface area (TPSA) is 21.3 Å². The van der Waals surface area contributed by atoms with E-state index in [-0.39, 0.29) is 11.6 Å². The van der Waals surface area contributed by atoms with Crippen LogP contribution in [0.1, 0.15) is 37.3 Å². The van der Waals surface area contributed by atoms with Crippen LogP contribution in [0.25, 0.3) is 0 Å². The quantitative estimate of drug-likeness (QED) is 0.863. The number of hydrogen-bond donors (Lipinski definition) is 1. The molecule has 5 heteroatoms. The Morgan fingerprint density at radius 2 is 2.05 bits per heavy atom. The Bertz CT molecular complexity index is 463. The van der Waals surface area contributed by atoms with Gasteiger partial charge in [0.1, 0.15) is 0 Å². The summed E-state index contributed by atoms with van der Waals surface area (Å²) in [6, 6.07) is 5.63. The van der Waals surface area contributed by atoms with Crippen LogP contribution < -0.4 is 5.32 Å². The first kappa shape index (κ1) is 16.3. The van der Waals surface area contributed by atoms with Crippen LogP contribution in [-0.4, -0.2) is 25.3 Å². The van der Waals surface area contributed by atoms with Crippen LogP contribution in [0, 0.1) is 0 Å². The van der Waals surface area contributed by atoms with E-state index >= 15 is 0 Å². The zero-order chi connectivity index (χ0) is 15.5. The molecule has 1 fully saturated rings. The molecule has 1 aliphatic rings. The summed E-state index contributed by atoms with van der Waals surface area (Å²) in [6.07, 6.45) is -0.719. The molecule has 0 amide bonds. The first-order chi connectivity index (χ1) is 9.91. The van der Waals surface area contributed by atoms with Crippen molar-refractivity contribution in [1.82, 2.24) is 5.32 Å². The Morgan fingerprint density at radius 3 is 2.52 bits per heavy atom. The van der Waals surface area contributed by atoms with E-state index in [2.05, 4.69) is 5.32 Å². The van der Waals surface area contributed by atoms with Gasteiger partial charge in [0.05, 0.1) is 11.2 Å². The van der Waals surface area contributed by atoms with Gasteiger partial charge in [0.15, 0.2) is 0 Å². The van der Waals surface area contributed by atoms with Gasteiger partial charge in [-0.15, -0.1) is 0 Å². The third-order valence-corrected chi connectivity index (χ3v) is 4.39. The van der Waals surface area contributed by atoms with E-state index in [9.17, 15) is 13.2 Å². The molecule has 1 N–H and O–H groups in total. The summed E-state index contributed by atoms with van der Waals surface area (Å²) in [5.74, 6) is 0. The Kier molecular flexibility index (Phi) is 4.94. The number of methoxy groups -OCH3 is 1. The van der Waals surface area contributed by atoms with Gasteiger partial charge in [-0.1, -0.05) is 25.1 Å². The molecular formula is C16H22F3NO. The van der Waals surface area contributed by atoms with E-state index in [1.54, 1.807) is 13.2 Å². The van der Waals surface area contributed by atoms with Gasteiger partial charge in [0, 0.05) is 13.2 Å². The molecule has 1 atom stereocenters. The van der Waals surface area contributed by atoms with Crippen molar-refractivity contribution in [3.05, 3.63) is 35.4 Å². The summed E-state index contributed by atoms with van der Waals surface area (Å²) in [4.78, 5) is 0. The van der Waals surface area contributed by atoms with E-state index in [0.717, 1.165) is 31.9 Å². The van der Waals surface area contributed by atoms with E-state index in [1.807, 2.05) is 6.92 Å². The molecule has 1 unspecified atom stereocenters. The standard InChI is InChI=1S/C16H22F3NO/c1-3-20-14(15(21-2)8-5-9-15)11-12-6-4-7-13(10-12)16(17,18)19/h4,6-7,10,14,20H,3,5,8-9,11H2,1-2H3. The predicted molar refractivity (Wildman–Crippen MR) is 76.2 cm³/mol. The molecule has 1 aliphatic carbocycles. The molecule has 0 spiro atoms. The Morgan fingerprint density at radius 1 is 1.33 bits per heavy atom. The molecule has 2 nitrogen and oxygen atoms in total. The molecule has 0 aliphatic heterocycles. The third-order valence-electron chi connectivity index (χ3n) is 4.39. The van der Waals surface area contributed by atoms with Gasteiger partial charge < -0.3 is 10.1 Å². The lowest BCUT2D eigenvalue weighted by atomic mass is 9.72. The molecule has 0 heterocycles. The van der Waals surface area contributed by atoms with Gasteiger partial charge >= 0.3 is 6.18 Å². The van der Waals surface area contributed by atoms with Crippen LogP contribution in [0.5, 0.6) is 0 Å². The van der Waals surface area contributed by atoms with E-state index < -0.39 is 11.7 Å². The Balaban J connectivity index is 2.17. The van der Waals surface area contributed by atoms with Crippen LogP contribution in [0.4, 0.5) is 13.2 Å². The number of benzene rings is 1. The van der Waals surface area contributed by atoms with E-state index in [4.69, 9.17) is 4.74 Å². The summed E-state index contributed by atoms with van der Waals surface area (Å²) >= 11 is 0. The van der Waals surface area contributed by atoms with Crippen molar-refractivity contribution in [1.29, 1.82) is 0 Å². The summed E-state index contributed by atoms with van der Waals surface area (Å²) in [7, 11) is 1.69. The van der Waals surface area contributed by atoms with E-state index in [0.29, 0.717) is 12.0 Å². The highest BCUT2D eigenvalue weighted by atomic mass is 19.4. The number of likely N-dealkylation sites (N-methyl/N-ethyl adjacent to an activating group) is 1. The maximum atomic E-state index is 12.8. The lowest BCUT2D eigenvalue weighted by molar-refractivity contribution is -0.137. The smallest absolute Gasteiger partial charge is 0.377 e. The van der Waals surface area contributed by atoms with Gasteiger partial charge in [0.25, 0.3) is 0 Å². The highest BCUT2D eigenvalue weighted by molar-refractivity contribution is 5.27. The average molecular weight is 301 g/mol. The second-order valence-electron chi connectivity index (χ2n) is 5.63. The molecule has 1 aromatic rings. The Labute approximate surface area is 123 Å². The summed E-state index contributed by atoms with van der Waals surface area (Å²) in [6.45, 7) is 2.77. The zero-order valence-corrected chi connectivity index (χ0v) is 12.5. The summed E-state index contributed by atoms with van der Waals surface area (Å²) in [5, 5.41) is 3.38. The SMILES string of the molecule is CCNC(Cc1cccc(C(F)(F)F)c1)C1(OC)CCC1. The van der Waals surface area contributed by atoms with Crippen molar-refractivity contribution in [2.24, 2.45) is 0 Å². The minimum Gasteiger partial charge on any atom is -0.377 e. The number of nitrogens with one attached hydrogen (secondary N) is 1. The molecule has 118 valence electrons. The van der Waals surface area contributed by atoms with Crippen molar-refractivity contribution >= 4 is 0 Å². The fourth-order valence-corrected chi connectivity index (χ4v) is 3.02. The Hall–Kier alpha value is -1.07. The van der Waals surface area contributed by atoms with Crippen molar-refractivity contribution in [3.8, 4) is 0 Å². The highest BCUT2D eigenvalue weighted by Gasteiger charge is 2.44. The van der Waals surface area contributed by atoms with Crippen LogP contribution in [-0.2, 0) is 17.3 Å². The number of rotatable bonds is 6. The number of halogens is 3. The molecule has 0 aromatic heterocycles. The van der Waals surface area contributed by atoms with E-state index in [1.165, 1.54) is 12.1 Å². The minimum atomic E-state index is -4.29. The predicted octanol–water partition coefficient (Wildman–Crippen LogP) is 3.80. The molecule has 1 aromatic carbocycles. The van der Waals surface area contributed by atoms with Crippen molar-refractivity contribution < 1.29 is 17.9 Å². The molecule has 1 saturated carbocycles. The summed E-state index contributed by atoms with van der Waals surface area (Å²) in [5.41, 5.74) is -0.126. The van der Waals surface area contributed by atoms with Crippen LogP contribution in [0.15, 0.2) is 24.3 Å². The molecular weight excluding hydrogens is 279 g/mol. The first-order valence-corrected chi connectivity index (χ1v) is 7.36. The number of hydrogen-bond acceptors (Lipinski definition) is 2. The zero-order valence-electron chi connectivity index (χ0n) is 12.5. The van der Waals surface area contributed by atoms with Crippen molar-refractivity contribution in [2.45, 2.75) is 50.4 Å². The van der Waals surface area contributed by atoms with Crippen LogP contribution in [0.3, 0.4) is 0 Å². The molecule has 2 rings (SSSR count). The van der Waals surface area contributed by atoms with Gasteiger partial charge in [-0.25, -0.2) is 0 Å². The van der Waals surface area contributed by atoms with Gasteiger partial charge in [-0.05, 0) is 43.9 Å². The second kappa shape index (κ2) is 6.36. The van der Waals surface area contributed by atoms with Crippen LogP contribution >= 0.6 is 0 Å². The molecule has 0 bridgehead atoms. The largest absolute Gasteiger partial charge is 0.416 e. The molecule has 0 radical (unpaired) electrons. The van der Waals surface area contributed by atoms with Gasteiger partial charge in [-0.2, -0.15) is 13.2 Å². The lowest BCUT2D eigenvalue weighted by Gasteiger charge is -2.47. The van der Waals surface area contributed by atoms with Gasteiger partial charge in [0.2, 0.25) is 0 Å². The molecule has 0 saturated heterocycles. The number of ether oxygens (including phenoxy) is 1. The van der Waals surface area contributed by atoms with Crippen molar-refractivity contribution in [2.75, 3.05) is 13.7 Å². The maximum absolute atomic E-state index is 12.8. The second-order valence-corrected chi connectivity index (χ2v) is 5.63. The average Bonchev–Trinajstić information content (AvgIpc) is 2.37. The van der Waals surface area contributed by atoms with Crippen molar-refractivity contribution in [3.63, 3.8) is 0 Å². The fraction of sp³-hybridized carbons (Fsp3) is 0.625.